The van der Waals surface area contributed by atoms with E-state index in [0.29, 0.717) is 24.5 Å². The maximum Gasteiger partial charge on any atom is 0.251 e. The van der Waals surface area contributed by atoms with E-state index in [1.807, 2.05) is 55.8 Å². The van der Waals surface area contributed by atoms with E-state index in [1.165, 1.54) is 0 Å². The molecule has 0 radical (unpaired) electrons. The molecule has 7 nitrogen and oxygen atoms in total. The van der Waals surface area contributed by atoms with Gasteiger partial charge in [0.2, 0.25) is 5.91 Å². The number of amides is 2. The van der Waals surface area contributed by atoms with Gasteiger partial charge in [-0.15, -0.1) is 0 Å². The van der Waals surface area contributed by atoms with E-state index in [2.05, 4.69) is 15.6 Å². The molecule has 152 valence electrons. The first kappa shape index (κ1) is 20.4. The number of hydrogen-bond donors (Lipinski definition) is 2. The van der Waals surface area contributed by atoms with Crippen LogP contribution >= 0.6 is 0 Å². The molecule has 2 amide bonds. The van der Waals surface area contributed by atoms with Crippen molar-refractivity contribution in [3.63, 3.8) is 0 Å². The Morgan fingerprint density at radius 2 is 1.90 bits per heavy atom. The summed E-state index contributed by atoms with van der Waals surface area (Å²) in [5.74, 6) is 0.100. The Balaban J connectivity index is 1.61. The number of imidazole rings is 1. The van der Waals surface area contributed by atoms with Crippen molar-refractivity contribution in [1.29, 1.82) is 0 Å². The van der Waals surface area contributed by atoms with Crippen LogP contribution in [0.3, 0.4) is 0 Å². The molecule has 1 aromatic carbocycles. The van der Waals surface area contributed by atoms with E-state index in [9.17, 15) is 9.59 Å². The SMILES string of the molecule is CCOc1ccc(C(=O)N[C@H](C(=O)NCc2cn3ccccc3n2)C(C)C)cc1. The molecule has 3 aromatic rings. The van der Waals surface area contributed by atoms with Crippen LogP contribution in [0.2, 0.25) is 0 Å². The van der Waals surface area contributed by atoms with Gasteiger partial charge >= 0.3 is 0 Å². The molecule has 2 heterocycles. The number of ether oxygens (including phenoxy) is 1. The highest BCUT2D eigenvalue weighted by Gasteiger charge is 2.24. The van der Waals surface area contributed by atoms with Gasteiger partial charge in [-0.2, -0.15) is 0 Å². The zero-order valence-electron chi connectivity index (χ0n) is 16.9. The topological polar surface area (TPSA) is 84.7 Å². The summed E-state index contributed by atoms with van der Waals surface area (Å²) in [6, 6.07) is 11.9. The van der Waals surface area contributed by atoms with Gasteiger partial charge in [-0.25, -0.2) is 4.98 Å². The summed E-state index contributed by atoms with van der Waals surface area (Å²) >= 11 is 0. The molecule has 0 aliphatic rings. The number of benzene rings is 1. The number of carbonyl (C=O) groups excluding carboxylic acids is 2. The summed E-state index contributed by atoms with van der Waals surface area (Å²) in [7, 11) is 0. The van der Waals surface area contributed by atoms with Gasteiger partial charge in [0.25, 0.3) is 5.91 Å². The van der Waals surface area contributed by atoms with E-state index in [4.69, 9.17) is 4.74 Å². The summed E-state index contributed by atoms with van der Waals surface area (Å²) in [6.45, 7) is 6.55. The lowest BCUT2D eigenvalue weighted by molar-refractivity contribution is -0.124. The molecule has 7 heteroatoms. The molecule has 0 spiro atoms. The van der Waals surface area contributed by atoms with Crippen molar-refractivity contribution in [2.24, 2.45) is 5.92 Å². The van der Waals surface area contributed by atoms with Gasteiger partial charge in [0, 0.05) is 18.0 Å². The summed E-state index contributed by atoms with van der Waals surface area (Å²) in [5.41, 5.74) is 2.05. The molecule has 29 heavy (non-hydrogen) atoms. The molecule has 1 atom stereocenters. The maximum absolute atomic E-state index is 12.7. The monoisotopic (exact) mass is 394 g/mol. The van der Waals surface area contributed by atoms with Gasteiger partial charge in [0.15, 0.2) is 0 Å². The van der Waals surface area contributed by atoms with Crippen LogP contribution in [-0.2, 0) is 11.3 Å². The minimum atomic E-state index is -0.647. The number of pyridine rings is 1. The Labute approximate surface area is 170 Å². The fraction of sp³-hybridized carbons (Fsp3) is 0.318. The molecule has 2 aromatic heterocycles. The number of rotatable bonds is 8. The third-order valence-electron chi connectivity index (χ3n) is 4.52. The minimum absolute atomic E-state index is 0.0669. The van der Waals surface area contributed by atoms with E-state index in [-0.39, 0.29) is 17.7 Å². The van der Waals surface area contributed by atoms with E-state index < -0.39 is 6.04 Å². The molecule has 0 unspecified atom stereocenters. The highest BCUT2D eigenvalue weighted by molar-refractivity contribution is 5.97. The molecule has 0 fully saturated rings. The third-order valence-corrected chi connectivity index (χ3v) is 4.52. The van der Waals surface area contributed by atoms with Crippen LogP contribution in [0.5, 0.6) is 5.75 Å². The van der Waals surface area contributed by atoms with Crippen molar-refractivity contribution < 1.29 is 14.3 Å². The number of fused-ring (bicyclic) bond motifs is 1. The Bertz CT molecular complexity index is 946. The zero-order chi connectivity index (χ0) is 20.8. The van der Waals surface area contributed by atoms with Crippen molar-refractivity contribution in [2.75, 3.05) is 6.61 Å². The van der Waals surface area contributed by atoms with Gasteiger partial charge in [0.1, 0.15) is 17.4 Å². The number of carbonyl (C=O) groups is 2. The molecular formula is C22H26N4O3. The first-order chi connectivity index (χ1) is 14.0. The normalized spacial score (nSPS) is 12.0. The number of nitrogens with zero attached hydrogens (tertiary/aromatic N) is 2. The van der Waals surface area contributed by atoms with Crippen molar-refractivity contribution in [1.82, 2.24) is 20.0 Å². The van der Waals surface area contributed by atoms with E-state index in [0.717, 1.165) is 11.3 Å². The smallest absolute Gasteiger partial charge is 0.251 e. The van der Waals surface area contributed by atoms with Crippen LogP contribution in [0.15, 0.2) is 54.9 Å². The van der Waals surface area contributed by atoms with Crippen LogP contribution in [0.4, 0.5) is 0 Å². The summed E-state index contributed by atoms with van der Waals surface area (Å²) in [5, 5.41) is 5.70. The Morgan fingerprint density at radius 3 is 2.55 bits per heavy atom. The van der Waals surface area contributed by atoms with Crippen LogP contribution in [0, 0.1) is 5.92 Å². The number of hydrogen-bond acceptors (Lipinski definition) is 4. The van der Waals surface area contributed by atoms with Gasteiger partial charge in [-0.1, -0.05) is 19.9 Å². The molecule has 2 N–H and O–H groups in total. The lowest BCUT2D eigenvalue weighted by Gasteiger charge is -2.21. The molecule has 3 rings (SSSR count). The number of nitrogens with one attached hydrogen (secondary N) is 2. The highest BCUT2D eigenvalue weighted by Crippen LogP contribution is 2.13. The first-order valence-corrected chi connectivity index (χ1v) is 9.72. The summed E-state index contributed by atoms with van der Waals surface area (Å²) in [4.78, 5) is 29.7. The standard InChI is InChI=1S/C22H26N4O3/c1-4-29-18-10-8-16(9-11-18)21(27)25-20(15(2)3)22(28)23-13-17-14-26-12-6-5-7-19(26)24-17/h5-12,14-15,20H,4,13H2,1-3H3,(H,23,28)(H,25,27)/t20-/m0/s1. The zero-order valence-corrected chi connectivity index (χ0v) is 16.9. The summed E-state index contributed by atoms with van der Waals surface area (Å²) in [6.07, 6.45) is 3.78. The molecular weight excluding hydrogens is 368 g/mol. The highest BCUT2D eigenvalue weighted by atomic mass is 16.5. The van der Waals surface area contributed by atoms with Crippen LogP contribution in [-0.4, -0.2) is 33.8 Å². The van der Waals surface area contributed by atoms with E-state index in [1.54, 1.807) is 24.3 Å². The third kappa shape index (κ3) is 5.13. The molecule has 0 bridgehead atoms. The fourth-order valence-electron chi connectivity index (χ4n) is 2.99. The van der Waals surface area contributed by atoms with Gasteiger partial charge in [-0.05, 0) is 49.2 Å². The Morgan fingerprint density at radius 1 is 1.14 bits per heavy atom. The van der Waals surface area contributed by atoms with Gasteiger partial charge in [0.05, 0.1) is 18.8 Å². The van der Waals surface area contributed by atoms with Crippen LogP contribution in [0.25, 0.3) is 5.65 Å². The first-order valence-electron chi connectivity index (χ1n) is 9.72. The van der Waals surface area contributed by atoms with Crippen LogP contribution < -0.4 is 15.4 Å². The lowest BCUT2D eigenvalue weighted by atomic mass is 10.0. The predicted octanol–water partition coefficient (Wildman–Crippen LogP) is 2.80. The maximum atomic E-state index is 12.7. The number of aromatic nitrogens is 2. The second-order valence-electron chi connectivity index (χ2n) is 7.07. The van der Waals surface area contributed by atoms with Crippen molar-refractivity contribution in [3.05, 3.63) is 66.1 Å². The molecule has 0 aliphatic heterocycles. The van der Waals surface area contributed by atoms with Crippen molar-refractivity contribution in [2.45, 2.75) is 33.4 Å². The minimum Gasteiger partial charge on any atom is -0.494 e. The molecule has 0 saturated heterocycles. The lowest BCUT2D eigenvalue weighted by Crippen LogP contribution is -2.49. The Hall–Kier alpha value is -3.35. The second-order valence-corrected chi connectivity index (χ2v) is 7.07. The average molecular weight is 394 g/mol. The molecule has 0 saturated carbocycles. The Kier molecular flexibility index (Phi) is 6.49. The summed E-state index contributed by atoms with van der Waals surface area (Å²) < 4.78 is 7.29. The van der Waals surface area contributed by atoms with Gasteiger partial charge < -0.3 is 19.8 Å². The van der Waals surface area contributed by atoms with Crippen molar-refractivity contribution in [3.8, 4) is 5.75 Å². The molecule has 0 aliphatic carbocycles. The van der Waals surface area contributed by atoms with E-state index >= 15 is 0 Å². The van der Waals surface area contributed by atoms with Crippen LogP contribution in [0.1, 0.15) is 36.8 Å². The fourth-order valence-corrected chi connectivity index (χ4v) is 2.99. The van der Waals surface area contributed by atoms with Crippen molar-refractivity contribution >= 4 is 17.5 Å². The predicted molar refractivity (Wildman–Crippen MR) is 111 cm³/mol. The van der Waals surface area contributed by atoms with Gasteiger partial charge in [-0.3, -0.25) is 9.59 Å². The largest absolute Gasteiger partial charge is 0.494 e. The average Bonchev–Trinajstić information content (AvgIpc) is 3.13. The second kappa shape index (κ2) is 9.23. The quantitative estimate of drug-likeness (QED) is 0.615.